The average Bonchev–Trinajstić information content (AvgIpc) is 2.82. The van der Waals surface area contributed by atoms with Crippen LogP contribution >= 0.6 is 37.2 Å². The van der Waals surface area contributed by atoms with Gasteiger partial charge in [0.15, 0.2) is 0 Å². The summed E-state index contributed by atoms with van der Waals surface area (Å²) in [6.07, 6.45) is 5.58. The number of halogens is 3. The van der Waals surface area contributed by atoms with Gasteiger partial charge in [0.25, 0.3) is 0 Å². The number of aromatic nitrogens is 1. The van der Waals surface area contributed by atoms with Crippen molar-refractivity contribution in [1.82, 2.24) is 10.3 Å². The van der Waals surface area contributed by atoms with Gasteiger partial charge in [0.1, 0.15) is 11.5 Å². The largest absolute Gasteiger partial charge is 0.478 e. The maximum absolute atomic E-state index is 11.5. The lowest BCUT2D eigenvalue weighted by Crippen LogP contribution is -2.37. The van der Waals surface area contributed by atoms with Crippen molar-refractivity contribution in [3.05, 3.63) is 83.2 Å². The Morgan fingerprint density at radius 3 is 2.56 bits per heavy atom. The minimum absolute atomic E-state index is 0. The van der Waals surface area contributed by atoms with E-state index in [4.69, 9.17) is 4.74 Å². The van der Waals surface area contributed by atoms with Gasteiger partial charge in [-0.3, -0.25) is 4.98 Å². The van der Waals surface area contributed by atoms with E-state index in [2.05, 4.69) is 16.4 Å². The van der Waals surface area contributed by atoms with Crippen molar-refractivity contribution in [1.29, 1.82) is 0 Å². The molecule has 2 aromatic carbocycles. The Hall–Kier alpha value is -2.55. The Labute approximate surface area is 230 Å². The van der Waals surface area contributed by atoms with Gasteiger partial charge in [-0.15, -0.1) is 37.2 Å². The molecule has 0 bridgehead atoms. The number of benzene rings is 2. The van der Waals surface area contributed by atoms with Crippen LogP contribution < -0.4 is 15.0 Å². The Morgan fingerprint density at radius 2 is 1.89 bits per heavy atom. The van der Waals surface area contributed by atoms with Crippen LogP contribution in [0.2, 0.25) is 0 Å². The topological polar surface area (TPSA) is 94.9 Å². The molecule has 0 saturated carbocycles. The van der Waals surface area contributed by atoms with E-state index in [1.165, 1.54) is 11.1 Å². The van der Waals surface area contributed by atoms with Crippen molar-refractivity contribution < 1.29 is 19.7 Å². The quantitative estimate of drug-likeness (QED) is 0.356. The minimum Gasteiger partial charge on any atom is -0.478 e. The molecular formula is C26H32Cl3N3O4. The van der Waals surface area contributed by atoms with Crippen LogP contribution in [0.25, 0.3) is 0 Å². The van der Waals surface area contributed by atoms with E-state index in [0.717, 1.165) is 30.5 Å². The maximum Gasteiger partial charge on any atom is 0.335 e. The molecule has 0 fully saturated rings. The van der Waals surface area contributed by atoms with Crippen LogP contribution in [0.15, 0.2) is 60.9 Å². The summed E-state index contributed by atoms with van der Waals surface area (Å²) in [5.41, 5.74) is 4.25. The number of anilines is 1. The molecule has 10 heteroatoms. The fourth-order valence-electron chi connectivity index (χ4n) is 4.10. The molecule has 0 unspecified atom stereocenters. The van der Waals surface area contributed by atoms with Gasteiger partial charge in [-0.2, -0.15) is 0 Å². The van der Waals surface area contributed by atoms with E-state index >= 15 is 0 Å². The molecule has 196 valence electrons. The van der Waals surface area contributed by atoms with Crippen LogP contribution in [-0.2, 0) is 12.8 Å². The number of aliphatic hydroxyl groups is 1. The first-order valence-corrected chi connectivity index (χ1v) is 11.1. The number of aliphatic hydroxyl groups excluding tert-OH is 1. The summed E-state index contributed by atoms with van der Waals surface area (Å²) < 4.78 is 6.06. The zero-order chi connectivity index (χ0) is 23.4. The molecule has 0 saturated heterocycles. The standard InChI is InChI=1S/C26H29N3O4.3ClH/c1-29(2)22-11-20(26(31)32)13-24(14-22)33-23-8-6-17-5-7-21(10-19(17)12-23)28-16-25(30)18-4-3-9-27-15-18;;;/h3-4,6,8-9,11-15,21,25,28,30H,5,7,10,16H2,1-2H3,(H,31,32);3*1H/t21-,25-;;;/m0.../s1. The first-order chi connectivity index (χ1) is 15.9. The molecule has 1 aliphatic rings. The number of nitrogens with zero attached hydrogens (tertiary/aromatic N) is 2. The van der Waals surface area contributed by atoms with Crippen molar-refractivity contribution in [2.75, 3.05) is 25.5 Å². The number of carbonyl (C=O) groups is 1. The first kappa shape index (κ1) is 31.5. The molecule has 1 aliphatic carbocycles. The smallest absolute Gasteiger partial charge is 0.335 e. The van der Waals surface area contributed by atoms with Crippen LogP contribution in [0, 0.1) is 0 Å². The van der Waals surface area contributed by atoms with Crippen molar-refractivity contribution >= 4 is 48.9 Å². The Kier molecular flexibility index (Phi) is 12.5. The molecule has 2 atom stereocenters. The van der Waals surface area contributed by atoms with Crippen molar-refractivity contribution in [2.45, 2.75) is 31.4 Å². The molecule has 4 rings (SSSR count). The molecule has 0 aliphatic heterocycles. The number of nitrogens with one attached hydrogen (secondary N) is 1. The van der Waals surface area contributed by atoms with Gasteiger partial charge in [0.05, 0.1) is 11.7 Å². The fourth-order valence-corrected chi connectivity index (χ4v) is 4.10. The third-order valence-electron chi connectivity index (χ3n) is 5.97. The highest BCUT2D eigenvalue weighted by molar-refractivity contribution is 5.89. The second-order valence-corrected chi connectivity index (χ2v) is 8.60. The molecule has 1 heterocycles. The Balaban J connectivity index is 0.00000216. The molecule has 7 nitrogen and oxygen atoms in total. The maximum atomic E-state index is 11.5. The van der Waals surface area contributed by atoms with Crippen LogP contribution in [0.5, 0.6) is 11.5 Å². The lowest BCUT2D eigenvalue weighted by Gasteiger charge is -2.27. The van der Waals surface area contributed by atoms with E-state index in [-0.39, 0.29) is 48.8 Å². The van der Waals surface area contributed by atoms with Crippen molar-refractivity contribution in [3.8, 4) is 11.5 Å². The molecule has 0 spiro atoms. The number of aryl methyl sites for hydroxylation is 1. The number of hydrogen-bond donors (Lipinski definition) is 3. The SMILES string of the molecule is CN(C)c1cc(Oc2ccc3c(c2)C[C@@H](NC[C@H](O)c2cccnc2)CC3)cc(C(=O)O)c1.Cl.Cl.Cl. The third-order valence-corrected chi connectivity index (χ3v) is 5.97. The highest BCUT2D eigenvalue weighted by Crippen LogP contribution is 2.31. The first-order valence-electron chi connectivity index (χ1n) is 11.1. The molecule has 0 radical (unpaired) electrons. The van der Waals surface area contributed by atoms with Gasteiger partial charge in [-0.1, -0.05) is 12.1 Å². The third kappa shape index (κ3) is 7.98. The second kappa shape index (κ2) is 14.3. The number of hydrogen-bond acceptors (Lipinski definition) is 6. The summed E-state index contributed by atoms with van der Waals surface area (Å²) in [5.74, 6) is 0.178. The van der Waals surface area contributed by atoms with Gasteiger partial charge >= 0.3 is 5.97 Å². The lowest BCUT2D eigenvalue weighted by molar-refractivity contribution is 0.0696. The molecular weight excluding hydrogens is 525 g/mol. The van der Waals surface area contributed by atoms with Gasteiger partial charge < -0.3 is 25.2 Å². The van der Waals surface area contributed by atoms with Crippen LogP contribution in [0.1, 0.15) is 39.6 Å². The van der Waals surface area contributed by atoms with E-state index in [0.29, 0.717) is 18.0 Å². The van der Waals surface area contributed by atoms with E-state index in [1.807, 2.05) is 49.3 Å². The van der Waals surface area contributed by atoms with Gasteiger partial charge in [0.2, 0.25) is 0 Å². The molecule has 36 heavy (non-hydrogen) atoms. The number of pyridine rings is 1. The fraction of sp³-hybridized carbons (Fsp3) is 0.308. The molecule has 3 aromatic rings. The van der Waals surface area contributed by atoms with E-state index in [1.54, 1.807) is 24.5 Å². The van der Waals surface area contributed by atoms with Crippen LogP contribution in [0.4, 0.5) is 5.69 Å². The summed E-state index contributed by atoms with van der Waals surface area (Å²) in [6.45, 7) is 0.469. The lowest BCUT2D eigenvalue weighted by atomic mass is 9.88. The zero-order valence-electron chi connectivity index (χ0n) is 20.1. The predicted molar refractivity (Wildman–Crippen MR) is 149 cm³/mol. The number of carboxylic acid groups (broad SMARTS) is 1. The number of rotatable bonds is 8. The normalized spacial score (nSPS) is 14.7. The highest BCUT2D eigenvalue weighted by Gasteiger charge is 2.20. The summed E-state index contributed by atoms with van der Waals surface area (Å²) in [7, 11) is 3.73. The number of fused-ring (bicyclic) bond motifs is 1. The number of ether oxygens (including phenoxy) is 1. The highest BCUT2D eigenvalue weighted by atomic mass is 35.5. The summed E-state index contributed by atoms with van der Waals surface area (Å²) in [6, 6.07) is 15.0. The second-order valence-electron chi connectivity index (χ2n) is 8.60. The summed E-state index contributed by atoms with van der Waals surface area (Å²) in [4.78, 5) is 17.4. The molecule has 3 N–H and O–H groups in total. The van der Waals surface area contributed by atoms with Crippen LogP contribution in [0.3, 0.4) is 0 Å². The van der Waals surface area contributed by atoms with E-state index in [9.17, 15) is 15.0 Å². The van der Waals surface area contributed by atoms with Gasteiger partial charge in [-0.05, 0) is 60.7 Å². The summed E-state index contributed by atoms with van der Waals surface area (Å²) >= 11 is 0. The monoisotopic (exact) mass is 555 g/mol. The van der Waals surface area contributed by atoms with Gasteiger partial charge in [0, 0.05) is 56.4 Å². The zero-order valence-corrected chi connectivity index (χ0v) is 22.5. The molecule has 0 amide bonds. The summed E-state index contributed by atoms with van der Waals surface area (Å²) in [5, 5.41) is 23.3. The minimum atomic E-state index is -0.989. The van der Waals surface area contributed by atoms with Gasteiger partial charge in [-0.25, -0.2) is 4.79 Å². The molecule has 1 aromatic heterocycles. The van der Waals surface area contributed by atoms with E-state index < -0.39 is 12.1 Å². The van der Waals surface area contributed by atoms with Crippen molar-refractivity contribution in [3.63, 3.8) is 0 Å². The number of carboxylic acids is 1. The average molecular weight is 557 g/mol. The number of aromatic carboxylic acids is 1. The van der Waals surface area contributed by atoms with Crippen LogP contribution in [-0.4, -0.2) is 47.8 Å². The van der Waals surface area contributed by atoms with Crippen molar-refractivity contribution in [2.24, 2.45) is 0 Å². The predicted octanol–water partition coefficient (Wildman–Crippen LogP) is 5.08. The Bertz CT molecular complexity index is 1130. The Morgan fingerprint density at radius 1 is 1.11 bits per heavy atom.